The number of fused-ring (bicyclic) bond motifs is 1. The molecule has 0 aliphatic carbocycles. The largest absolute Gasteiger partial charge is 0.416 e. The summed E-state index contributed by atoms with van der Waals surface area (Å²) >= 11 is 0. The Hall–Kier alpha value is -2.15. The molecule has 116 valence electrons. The van der Waals surface area contributed by atoms with Gasteiger partial charge in [0.05, 0.1) is 18.7 Å². The highest BCUT2D eigenvalue weighted by Gasteiger charge is 2.44. The molecule has 0 radical (unpaired) electrons. The van der Waals surface area contributed by atoms with Crippen LogP contribution in [-0.2, 0) is 4.74 Å². The predicted molar refractivity (Wildman–Crippen MR) is 73.4 cm³/mol. The van der Waals surface area contributed by atoms with E-state index in [1.54, 1.807) is 30.5 Å². The first-order chi connectivity index (χ1) is 10.4. The molecule has 2 aromatic rings. The van der Waals surface area contributed by atoms with Crippen LogP contribution in [0, 0.1) is 0 Å². The molecule has 0 N–H and O–H groups in total. The highest BCUT2D eigenvalue weighted by atomic mass is 19.4. The van der Waals surface area contributed by atoms with Crippen molar-refractivity contribution >= 4 is 16.8 Å². The summed E-state index contributed by atoms with van der Waals surface area (Å²) in [6.45, 7) is -0.462. The van der Waals surface area contributed by atoms with Gasteiger partial charge in [-0.25, -0.2) is 0 Å². The lowest BCUT2D eigenvalue weighted by Crippen LogP contribution is -2.51. The summed E-state index contributed by atoms with van der Waals surface area (Å²) in [6.07, 6.45) is -4.79. The molecule has 0 spiro atoms. The van der Waals surface area contributed by atoms with Gasteiger partial charge in [-0.05, 0) is 18.2 Å². The van der Waals surface area contributed by atoms with E-state index < -0.39 is 24.7 Å². The minimum atomic E-state index is -4.47. The normalized spacial score (nSPS) is 19.4. The zero-order chi connectivity index (χ0) is 15.7. The number of hydrogen-bond acceptors (Lipinski definition) is 3. The van der Waals surface area contributed by atoms with Crippen molar-refractivity contribution in [2.24, 2.45) is 0 Å². The van der Waals surface area contributed by atoms with Crippen LogP contribution in [0.5, 0.6) is 0 Å². The average Bonchev–Trinajstić information content (AvgIpc) is 2.53. The van der Waals surface area contributed by atoms with Crippen LogP contribution in [0.25, 0.3) is 10.9 Å². The van der Waals surface area contributed by atoms with Crippen molar-refractivity contribution in [3.63, 3.8) is 0 Å². The Balaban J connectivity index is 1.82. The molecule has 1 saturated heterocycles. The van der Waals surface area contributed by atoms with Gasteiger partial charge in [0, 0.05) is 23.7 Å². The number of aromatic nitrogens is 1. The number of hydrogen-bond donors (Lipinski definition) is 0. The molecule has 1 atom stereocenters. The Labute approximate surface area is 124 Å². The Bertz CT molecular complexity index is 702. The maximum absolute atomic E-state index is 12.7. The van der Waals surface area contributed by atoms with Gasteiger partial charge >= 0.3 is 6.18 Å². The molecule has 1 fully saturated rings. The standard InChI is InChI=1S/C15H13F3N2O2/c16-15(17,18)13-9-20(6-7-22-13)14(21)11-4-3-10-2-1-5-19-12(10)8-11/h1-5,8,13H,6-7,9H2. The summed E-state index contributed by atoms with van der Waals surface area (Å²) in [4.78, 5) is 17.7. The highest BCUT2D eigenvalue weighted by Crippen LogP contribution is 2.26. The number of morpholine rings is 1. The van der Waals surface area contributed by atoms with Gasteiger partial charge in [0.1, 0.15) is 0 Å². The van der Waals surface area contributed by atoms with E-state index in [4.69, 9.17) is 4.74 Å². The second-order valence-corrected chi connectivity index (χ2v) is 5.06. The van der Waals surface area contributed by atoms with Gasteiger partial charge < -0.3 is 9.64 Å². The summed E-state index contributed by atoms with van der Waals surface area (Å²) in [5.74, 6) is -0.440. The molecule has 1 aromatic carbocycles. The van der Waals surface area contributed by atoms with Crippen molar-refractivity contribution in [3.8, 4) is 0 Å². The molecule has 0 bridgehead atoms. The van der Waals surface area contributed by atoms with Gasteiger partial charge in [-0.15, -0.1) is 0 Å². The summed E-state index contributed by atoms with van der Waals surface area (Å²) in [6, 6.07) is 8.56. The van der Waals surface area contributed by atoms with Crippen LogP contribution in [0.2, 0.25) is 0 Å². The molecule has 1 amide bonds. The quantitative estimate of drug-likeness (QED) is 0.813. The van der Waals surface area contributed by atoms with Crippen LogP contribution in [0.3, 0.4) is 0 Å². The van der Waals surface area contributed by atoms with Crippen molar-refractivity contribution < 1.29 is 22.7 Å². The third-order valence-corrected chi connectivity index (χ3v) is 3.57. The number of amides is 1. The van der Waals surface area contributed by atoms with Gasteiger partial charge in [0.25, 0.3) is 5.91 Å². The second-order valence-electron chi connectivity index (χ2n) is 5.06. The minimum absolute atomic E-state index is 0.123. The third kappa shape index (κ3) is 2.89. The minimum Gasteiger partial charge on any atom is -0.365 e. The zero-order valence-electron chi connectivity index (χ0n) is 11.5. The molecule has 4 nitrogen and oxygen atoms in total. The number of carbonyl (C=O) groups excluding carboxylic acids is 1. The molecule has 1 unspecified atom stereocenters. The first kappa shape index (κ1) is 14.8. The summed E-state index contributed by atoms with van der Waals surface area (Å²) in [5.41, 5.74) is 0.961. The van der Waals surface area contributed by atoms with Crippen molar-refractivity contribution in [2.45, 2.75) is 12.3 Å². The van der Waals surface area contributed by atoms with Crippen molar-refractivity contribution in [1.29, 1.82) is 0 Å². The predicted octanol–water partition coefficient (Wildman–Crippen LogP) is 2.64. The Morgan fingerprint density at radius 2 is 2.14 bits per heavy atom. The molecule has 1 aliphatic rings. The zero-order valence-corrected chi connectivity index (χ0v) is 11.5. The first-order valence-corrected chi connectivity index (χ1v) is 6.77. The molecule has 0 saturated carbocycles. The molecular weight excluding hydrogens is 297 g/mol. The first-order valence-electron chi connectivity index (χ1n) is 6.77. The fourth-order valence-corrected chi connectivity index (χ4v) is 2.41. The number of nitrogens with zero attached hydrogens (tertiary/aromatic N) is 2. The lowest BCUT2D eigenvalue weighted by molar-refractivity contribution is -0.233. The van der Waals surface area contributed by atoms with E-state index >= 15 is 0 Å². The van der Waals surface area contributed by atoms with E-state index in [1.165, 1.54) is 4.90 Å². The van der Waals surface area contributed by atoms with Gasteiger partial charge in [0.2, 0.25) is 0 Å². The molecule has 7 heteroatoms. The van der Waals surface area contributed by atoms with E-state index in [0.717, 1.165) is 5.39 Å². The van der Waals surface area contributed by atoms with Gasteiger partial charge in [-0.2, -0.15) is 13.2 Å². The van der Waals surface area contributed by atoms with Gasteiger partial charge in [-0.1, -0.05) is 12.1 Å². The fraction of sp³-hybridized carbons (Fsp3) is 0.333. The number of benzene rings is 1. The molecule has 2 heterocycles. The van der Waals surface area contributed by atoms with E-state index in [-0.39, 0.29) is 13.2 Å². The Morgan fingerprint density at radius 1 is 1.32 bits per heavy atom. The summed E-state index contributed by atoms with van der Waals surface area (Å²) in [5, 5.41) is 0.870. The number of rotatable bonds is 1. The Morgan fingerprint density at radius 3 is 2.91 bits per heavy atom. The van der Waals surface area contributed by atoms with E-state index in [9.17, 15) is 18.0 Å². The highest BCUT2D eigenvalue weighted by molar-refractivity contribution is 5.97. The topological polar surface area (TPSA) is 42.4 Å². The van der Waals surface area contributed by atoms with Crippen molar-refractivity contribution in [1.82, 2.24) is 9.88 Å². The molecule has 22 heavy (non-hydrogen) atoms. The van der Waals surface area contributed by atoms with Crippen LogP contribution >= 0.6 is 0 Å². The second kappa shape index (κ2) is 5.57. The maximum Gasteiger partial charge on any atom is 0.416 e. The van der Waals surface area contributed by atoms with Crippen LogP contribution in [0.1, 0.15) is 10.4 Å². The SMILES string of the molecule is O=C(c1ccc2cccnc2c1)N1CCOC(C(F)(F)F)C1. The van der Waals surface area contributed by atoms with Gasteiger partial charge in [-0.3, -0.25) is 9.78 Å². The van der Waals surface area contributed by atoms with E-state index in [2.05, 4.69) is 4.98 Å². The molecule has 1 aliphatic heterocycles. The number of pyridine rings is 1. The monoisotopic (exact) mass is 310 g/mol. The molecule has 3 rings (SSSR count). The average molecular weight is 310 g/mol. The number of ether oxygens (including phenoxy) is 1. The van der Waals surface area contributed by atoms with E-state index in [0.29, 0.717) is 11.1 Å². The smallest absolute Gasteiger partial charge is 0.365 e. The number of halogens is 3. The van der Waals surface area contributed by atoms with E-state index in [1.807, 2.05) is 6.07 Å². The Kier molecular flexibility index (Phi) is 3.74. The lowest BCUT2D eigenvalue weighted by atomic mass is 10.1. The molecular formula is C15H13F3N2O2. The maximum atomic E-state index is 12.7. The van der Waals surface area contributed by atoms with Crippen LogP contribution in [-0.4, -0.2) is 47.8 Å². The lowest BCUT2D eigenvalue weighted by Gasteiger charge is -2.33. The van der Waals surface area contributed by atoms with Crippen LogP contribution in [0.4, 0.5) is 13.2 Å². The summed E-state index contributed by atoms with van der Waals surface area (Å²) in [7, 11) is 0. The van der Waals surface area contributed by atoms with Crippen LogP contribution in [0.15, 0.2) is 36.5 Å². The number of carbonyl (C=O) groups is 1. The third-order valence-electron chi connectivity index (χ3n) is 3.57. The van der Waals surface area contributed by atoms with Crippen LogP contribution < -0.4 is 0 Å². The number of alkyl halides is 3. The van der Waals surface area contributed by atoms with Crippen molar-refractivity contribution in [2.75, 3.05) is 19.7 Å². The summed E-state index contributed by atoms with van der Waals surface area (Å²) < 4.78 is 42.8. The van der Waals surface area contributed by atoms with Crippen molar-refractivity contribution in [3.05, 3.63) is 42.1 Å². The van der Waals surface area contributed by atoms with Gasteiger partial charge in [0.15, 0.2) is 6.10 Å². The fourth-order valence-electron chi connectivity index (χ4n) is 2.41. The molecule has 1 aromatic heterocycles.